The molecule has 1 aliphatic rings. The van der Waals surface area contributed by atoms with Crippen LogP contribution in [-0.2, 0) is 18.4 Å². The molecule has 13 nitrogen and oxygen atoms in total. The predicted molar refractivity (Wildman–Crippen MR) is 201 cm³/mol. The Hall–Kier alpha value is -1.22. The molecule has 1 amide bonds. The van der Waals surface area contributed by atoms with E-state index in [4.69, 9.17) is 9.05 Å². The van der Waals surface area contributed by atoms with Crippen molar-refractivity contribution in [1.82, 2.24) is 5.32 Å². The maximum atomic E-state index is 12.9. The second-order valence-corrected chi connectivity index (χ2v) is 15.8. The van der Waals surface area contributed by atoms with Gasteiger partial charge in [-0.05, 0) is 38.5 Å². The van der Waals surface area contributed by atoms with Crippen LogP contribution in [0.1, 0.15) is 149 Å². The van der Waals surface area contributed by atoms with E-state index in [0.717, 1.165) is 64.2 Å². The number of phosphoric acid groups is 1. The van der Waals surface area contributed by atoms with Crippen molar-refractivity contribution in [2.45, 2.75) is 204 Å². The van der Waals surface area contributed by atoms with Crippen LogP contribution in [-0.4, -0.2) is 108 Å². The molecule has 0 bridgehead atoms. The van der Waals surface area contributed by atoms with Crippen molar-refractivity contribution in [3.05, 3.63) is 24.3 Å². The molecule has 0 aromatic heterocycles. The van der Waals surface area contributed by atoms with Crippen LogP contribution in [0, 0.1) is 0 Å². The summed E-state index contributed by atoms with van der Waals surface area (Å²) in [4.78, 5) is 23.3. The van der Waals surface area contributed by atoms with Crippen LogP contribution < -0.4 is 5.32 Å². The van der Waals surface area contributed by atoms with Crippen molar-refractivity contribution in [2.75, 3.05) is 6.61 Å². The molecular weight excluding hydrogens is 693 g/mol. The smallest absolute Gasteiger partial charge is 0.393 e. The van der Waals surface area contributed by atoms with Crippen molar-refractivity contribution in [3.63, 3.8) is 0 Å². The van der Waals surface area contributed by atoms with E-state index in [-0.39, 0.29) is 12.8 Å². The third-order valence-electron chi connectivity index (χ3n) is 9.60. The number of aliphatic hydroxyl groups excluding tert-OH is 7. The summed E-state index contributed by atoms with van der Waals surface area (Å²) >= 11 is 0. The number of hydrogen-bond donors (Lipinski definition) is 9. The molecule has 9 N–H and O–H groups in total. The summed E-state index contributed by atoms with van der Waals surface area (Å²) in [5, 5.41) is 74.1. The van der Waals surface area contributed by atoms with Crippen LogP contribution in [0.2, 0.25) is 0 Å². The lowest BCUT2D eigenvalue weighted by molar-refractivity contribution is -0.220. The van der Waals surface area contributed by atoms with Crippen LogP contribution in [0.15, 0.2) is 24.3 Å². The minimum atomic E-state index is -5.11. The zero-order chi connectivity index (χ0) is 38.8. The largest absolute Gasteiger partial charge is 0.472 e. The van der Waals surface area contributed by atoms with Crippen molar-refractivity contribution < 1.29 is 59.0 Å². The Morgan fingerprint density at radius 1 is 0.673 bits per heavy atom. The van der Waals surface area contributed by atoms with Gasteiger partial charge in [-0.2, -0.15) is 0 Å². The number of carbonyl (C=O) groups excluding carboxylic acids is 1. The molecule has 8 unspecified atom stereocenters. The van der Waals surface area contributed by atoms with Crippen LogP contribution in [0.4, 0.5) is 0 Å². The van der Waals surface area contributed by atoms with E-state index in [9.17, 15) is 50.0 Å². The maximum absolute atomic E-state index is 12.9. The highest BCUT2D eigenvalue weighted by atomic mass is 31.2. The average molecular weight is 766 g/mol. The highest BCUT2D eigenvalue weighted by molar-refractivity contribution is 7.47. The fourth-order valence-electron chi connectivity index (χ4n) is 6.23. The summed E-state index contributed by atoms with van der Waals surface area (Å²) in [5.74, 6) is -0.577. The van der Waals surface area contributed by atoms with Gasteiger partial charge in [-0.15, -0.1) is 0 Å². The average Bonchev–Trinajstić information content (AvgIpc) is 3.11. The highest BCUT2D eigenvalue weighted by Crippen LogP contribution is 2.47. The second kappa shape index (κ2) is 29.1. The number of phosphoric ester groups is 1. The van der Waals surface area contributed by atoms with Crippen molar-refractivity contribution in [2.24, 2.45) is 0 Å². The predicted octanol–water partition coefficient (Wildman–Crippen LogP) is 4.86. The van der Waals surface area contributed by atoms with E-state index in [1.54, 1.807) is 0 Å². The molecule has 14 heteroatoms. The van der Waals surface area contributed by atoms with Gasteiger partial charge < -0.3 is 46.0 Å². The lowest BCUT2D eigenvalue weighted by Crippen LogP contribution is -2.64. The van der Waals surface area contributed by atoms with E-state index in [2.05, 4.69) is 43.5 Å². The van der Waals surface area contributed by atoms with Crippen LogP contribution in [0.5, 0.6) is 0 Å². The van der Waals surface area contributed by atoms with E-state index in [1.807, 2.05) is 0 Å². The number of carbonyl (C=O) groups is 1. The Balaban J connectivity index is 2.61. The fourth-order valence-corrected chi connectivity index (χ4v) is 7.20. The van der Waals surface area contributed by atoms with Gasteiger partial charge in [-0.3, -0.25) is 13.8 Å². The van der Waals surface area contributed by atoms with E-state index in [0.29, 0.717) is 12.8 Å². The molecule has 0 heterocycles. The molecule has 1 fully saturated rings. The van der Waals surface area contributed by atoms with E-state index >= 15 is 0 Å². The van der Waals surface area contributed by atoms with Gasteiger partial charge in [0.15, 0.2) is 0 Å². The molecular formula is C38H72NO12P. The summed E-state index contributed by atoms with van der Waals surface area (Å²) in [6, 6.07) is -1.16. The molecule has 0 spiro atoms. The molecule has 0 aliphatic heterocycles. The Kier molecular flexibility index (Phi) is 27.3. The molecule has 8 atom stereocenters. The number of rotatable bonds is 31. The van der Waals surface area contributed by atoms with Gasteiger partial charge in [-0.25, -0.2) is 4.57 Å². The maximum Gasteiger partial charge on any atom is 0.472 e. The monoisotopic (exact) mass is 765 g/mol. The van der Waals surface area contributed by atoms with Gasteiger partial charge in [0.05, 0.1) is 31.3 Å². The standard InChI is InChI=1S/C38H72NO12P/c1-3-5-7-9-11-13-14-15-16-18-19-21-23-25-29(40)27-32(42)39-30(31(41)26-24-22-20-17-12-10-8-6-4-2)28-50-52(48,49)51-38-36(46)34(44)33(43)35(45)37(38)47/h11,13-15,29-31,33-38,40-41,43-47H,3-10,12,16-28H2,1-2H3,(H,39,42)(H,48,49)/b13-11-,15-14-. The number of nitrogens with one attached hydrogen (secondary N) is 1. The number of amides is 1. The summed E-state index contributed by atoms with van der Waals surface area (Å²) < 4.78 is 22.7. The SMILES string of the molecule is CCCCC/C=C\C=C/CCCCCCC(O)CC(=O)NC(COP(=O)(O)OC1C(O)C(O)C(O)C(O)C1O)C(O)CCCCCCCCCCC. The molecule has 1 rings (SSSR count). The Morgan fingerprint density at radius 2 is 1.12 bits per heavy atom. The third kappa shape index (κ3) is 21.6. The normalized spacial score (nSPS) is 25.3. The lowest BCUT2D eigenvalue weighted by atomic mass is 9.85. The minimum absolute atomic E-state index is 0.236. The first-order valence-electron chi connectivity index (χ1n) is 19.9. The van der Waals surface area contributed by atoms with Crippen molar-refractivity contribution >= 4 is 13.7 Å². The molecule has 52 heavy (non-hydrogen) atoms. The second-order valence-electron chi connectivity index (χ2n) is 14.3. The first kappa shape index (κ1) is 48.8. The van der Waals surface area contributed by atoms with Crippen molar-refractivity contribution in [1.29, 1.82) is 0 Å². The molecule has 0 aromatic rings. The Bertz CT molecular complexity index is 1000. The van der Waals surface area contributed by atoms with Gasteiger partial charge in [0.2, 0.25) is 5.91 Å². The summed E-state index contributed by atoms with van der Waals surface area (Å²) in [6.07, 6.45) is 14.0. The number of unbranched alkanes of at least 4 members (excludes halogenated alkanes) is 15. The first-order chi connectivity index (χ1) is 24.8. The molecule has 0 radical (unpaired) electrons. The fraction of sp³-hybridized carbons (Fsp3) is 0.868. The van der Waals surface area contributed by atoms with E-state index in [1.165, 1.54) is 44.9 Å². The van der Waals surface area contributed by atoms with Crippen LogP contribution >= 0.6 is 7.82 Å². The number of allylic oxidation sites excluding steroid dienone is 4. The molecule has 0 aromatic carbocycles. The zero-order valence-electron chi connectivity index (χ0n) is 31.7. The van der Waals surface area contributed by atoms with Gasteiger partial charge in [0, 0.05) is 0 Å². The Labute approximate surface area is 312 Å². The Morgan fingerprint density at radius 3 is 1.67 bits per heavy atom. The van der Waals surface area contributed by atoms with Gasteiger partial charge in [0.25, 0.3) is 0 Å². The topological polar surface area (TPSA) is 226 Å². The van der Waals surface area contributed by atoms with Gasteiger partial charge >= 0.3 is 7.82 Å². The summed E-state index contributed by atoms with van der Waals surface area (Å²) in [7, 11) is -5.11. The molecule has 1 aliphatic carbocycles. The van der Waals surface area contributed by atoms with Crippen LogP contribution in [0.3, 0.4) is 0 Å². The lowest BCUT2D eigenvalue weighted by Gasteiger charge is -2.41. The van der Waals surface area contributed by atoms with Gasteiger partial charge in [-0.1, -0.05) is 128 Å². The van der Waals surface area contributed by atoms with Gasteiger partial charge in [0.1, 0.15) is 36.6 Å². The van der Waals surface area contributed by atoms with E-state index < -0.39 is 75.2 Å². The minimum Gasteiger partial charge on any atom is -0.393 e. The molecule has 306 valence electrons. The zero-order valence-corrected chi connectivity index (χ0v) is 32.6. The number of aliphatic hydroxyl groups is 7. The molecule has 1 saturated carbocycles. The molecule has 0 saturated heterocycles. The van der Waals surface area contributed by atoms with Crippen LogP contribution in [0.25, 0.3) is 0 Å². The summed E-state index contributed by atoms with van der Waals surface area (Å²) in [5.41, 5.74) is 0. The number of hydrogen-bond acceptors (Lipinski definition) is 11. The quantitative estimate of drug-likeness (QED) is 0.0262. The third-order valence-corrected chi connectivity index (χ3v) is 10.6. The van der Waals surface area contributed by atoms with Crippen molar-refractivity contribution in [3.8, 4) is 0 Å². The highest BCUT2D eigenvalue weighted by Gasteiger charge is 2.51. The first-order valence-corrected chi connectivity index (χ1v) is 21.4. The summed E-state index contributed by atoms with van der Waals surface area (Å²) in [6.45, 7) is 3.68.